The first-order valence-electron chi connectivity index (χ1n) is 3.03. The minimum absolute atomic E-state index is 0.0302. The standard InChI is InChI=1S/C7H4ClFN2O/c8-5-1-2-7(12-4-9)11-6(5)3-10/h1-2H,4H2. The Morgan fingerprint density at radius 3 is 3.00 bits per heavy atom. The van der Waals surface area contributed by atoms with Gasteiger partial charge in [0.2, 0.25) is 12.7 Å². The van der Waals surface area contributed by atoms with E-state index in [1.807, 2.05) is 0 Å². The molecule has 0 fully saturated rings. The second-order valence-electron chi connectivity index (χ2n) is 1.85. The van der Waals surface area contributed by atoms with Crippen molar-refractivity contribution in [3.63, 3.8) is 0 Å². The zero-order valence-electron chi connectivity index (χ0n) is 5.92. The second-order valence-corrected chi connectivity index (χ2v) is 2.25. The van der Waals surface area contributed by atoms with Crippen molar-refractivity contribution in [1.82, 2.24) is 4.98 Å². The van der Waals surface area contributed by atoms with E-state index in [9.17, 15) is 4.39 Å². The Bertz CT molecular complexity index is 324. The summed E-state index contributed by atoms with van der Waals surface area (Å²) in [5.74, 6) is 0.0541. The van der Waals surface area contributed by atoms with Gasteiger partial charge in [0.1, 0.15) is 6.07 Å². The van der Waals surface area contributed by atoms with Crippen LogP contribution < -0.4 is 4.74 Å². The van der Waals surface area contributed by atoms with Crippen molar-refractivity contribution in [2.75, 3.05) is 6.86 Å². The third-order valence-electron chi connectivity index (χ3n) is 1.13. The molecule has 0 radical (unpaired) electrons. The first-order chi connectivity index (χ1) is 5.77. The predicted octanol–water partition coefficient (Wildman–Crippen LogP) is 1.91. The number of aromatic nitrogens is 1. The van der Waals surface area contributed by atoms with Gasteiger partial charge in [0, 0.05) is 6.07 Å². The van der Waals surface area contributed by atoms with E-state index in [4.69, 9.17) is 16.9 Å². The van der Waals surface area contributed by atoms with Crippen molar-refractivity contribution in [3.05, 3.63) is 22.8 Å². The van der Waals surface area contributed by atoms with Gasteiger partial charge in [0.15, 0.2) is 5.69 Å². The van der Waals surface area contributed by atoms with Gasteiger partial charge in [-0.15, -0.1) is 0 Å². The monoisotopic (exact) mass is 186 g/mol. The smallest absolute Gasteiger partial charge is 0.230 e. The molecular formula is C7H4ClFN2O. The lowest BCUT2D eigenvalue weighted by Gasteiger charge is -1.99. The highest BCUT2D eigenvalue weighted by atomic mass is 35.5. The fraction of sp³-hybridized carbons (Fsp3) is 0.143. The molecule has 1 aromatic rings. The first kappa shape index (κ1) is 8.75. The lowest BCUT2D eigenvalue weighted by atomic mass is 10.4. The van der Waals surface area contributed by atoms with Crippen LogP contribution in [0.25, 0.3) is 0 Å². The molecule has 0 aliphatic rings. The summed E-state index contributed by atoms with van der Waals surface area (Å²) in [6.07, 6.45) is 0. The third kappa shape index (κ3) is 1.83. The van der Waals surface area contributed by atoms with Crippen LogP contribution in [-0.4, -0.2) is 11.8 Å². The van der Waals surface area contributed by atoms with Gasteiger partial charge in [-0.25, -0.2) is 9.37 Å². The fourth-order valence-corrected chi connectivity index (χ4v) is 0.786. The second kappa shape index (κ2) is 3.88. The molecule has 0 unspecified atom stereocenters. The highest BCUT2D eigenvalue weighted by Crippen LogP contribution is 2.16. The van der Waals surface area contributed by atoms with Crippen LogP contribution in [-0.2, 0) is 0 Å². The van der Waals surface area contributed by atoms with Crippen molar-refractivity contribution >= 4 is 11.6 Å². The Kier molecular flexibility index (Phi) is 2.83. The number of alkyl halides is 1. The summed E-state index contributed by atoms with van der Waals surface area (Å²) >= 11 is 5.56. The van der Waals surface area contributed by atoms with Crippen molar-refractivity contribution in [3.8, 4) is 11.9 Å². The molecule has 5 heteroatoms. The largest absolute Gasteiger partial charge is 0.446 e. The van der Waals surface area contributed by atoms with E-state index in [-0.39, 0.29) is 16.6 Å². The maximum absolute atomic E-state index is 11.6. The van der Waals surface area contributed by atoms with Gasteiger partial charge < -0.3 is 4.74 Å². The number of nitrogens with zero attached hydrogens (tertiary/aromatic N) is 2. The Hall–Kier alpha value is -1.34. The number of rotatable bonds is 2. The Balaban J connectivity index is 2.99. The summed E-state index contributed by atoms with van der Waals surface area (Å²) in [7, 11) is 0. The first-order valence-corrected chi connectivity index (χ1v) is 3.41. The van der Waals surface area contributed by atoms with Crippen LogP contribution in [0.2, 0.25) is 5.02 Å². The van der Waals surface area contributed by atoms with E-state index in [1.165, 1.54) is 12.1 Å². The van der Waals surface area contributed by atoms with E-state index in [0.717, 1.165) is 0 Å². The van der Waals surface area contributed by atoms with Gasteiger partial charge in [-0.2, -0.15) is 5.26 Å². The fourth-order valence-electron chi connectivity index (χ4n) is 0.639. The van der Waals surface area contributed by atoms with Crippen molar-refractivity contribution in [2.24, 2.45) is 0 Å². The van der Waals surface area contributed by atoms with E-state index in [2.05, 4.69) is 9.72 Å². The van der Waals surface area contributed by atoms with Crippen LogP contribution >= 0.6 is 11.6 Å². The molecule has 0 aromatic carbocycles. The zero-order valence-corrected chi connectivity index (χ0v) is 6.68. The Labute approximate surface area is 73.4 Å². The van der Waals surface area contributed by atoms with Crippen LogP contribution in [0.5, 0.6) is 5.88 Å². The number of pyridine rings is 1. The van der Waals surface area contributed by atoms with Crippen molar-refractivity contribution < 1.29 is 9.13 Å². The summed E-state index contributed by atoms with van der Waals surface area (Å²) in [4.78, 5) is 3.63. The van der Waals surface area contributed by atoms with Crippen LogP contribution in [0.3, 0.4) is 0 Å². The Morgan fingerprint density at radius 2 is 2.42 bits per heavy atom. The normalized spacial score (nSPS) is 9.08. The molecule has 0 spiro atoms. The predicted molar refractivity (Wildman–Crippen MR) is 40.6 cm³/mol. The highest BCUT2D eigenvalue weighted by molar-refractivity contribution is 6.31. The molecular weight excluding hydrogens is 183 g/mol. The zero-order chi connectivity index (χ0) is 8.97. The molecule has 0 aliphatic heterocycles. The van der Waals surface area contributed by atoms with Crippen LogP contribution in [0.15, 0.2) is 12.1 Å². The molecule has 1 heterocycles. The lowest BCUT2D eigenvalue weighted by Crippen LogP contribution is -1.94. The minimum atomic E-state index is -0.973. The molecule has 0 atom stereocenters. The number of halogens is 2. The number of ether oxygens (including phenoxy) is 1. The molecule has 0 saturated carbocycles. The molecule has 3 nitrogen and oxygen atoms in total. The number of nitriles is 1. The molecule has 0 saturated heterocycles. The van der Waals surface area contributed by atoms with Gasteiger partial charge in [-0.3, -0.25) is 0 Å². The molecule has 1 rings (SSSR count). The highest BCUT2D eigenvalue weighted by Gasteiger charge is 2.02. The third-order valence-corrected chi connectivity index (χ3v) is 1.43. The lowest BCUT2D eigenvalue weighted by molar-refractivity contribution is 0.184. The van der Waals surface area contributed by atoms with Crippen LogP contribution in [0.4, 0.5) is 4.39 Å². The van der Waals surface area contributed by atoms with Gasteiger partial charge in [-0.1, -0.05) is 11.6 Å². The topological polar surface area (TPSA) is 45.9 Å². The van der Waals surface area contributed by atoms with Gasteiger partial charge in [-0.05, 0) is 6.07 Å². The maximum atomic E-state index is 11.6. The summed E-state index contributed by atoms with van der Waals surface area (Å²) in [6.45, 7) is -0.973. The average molecular weight is 187 g/mol. The number of hydrogen-bond acceptors (Lipinski definition) is 3. The quantitative estimate of drug-likeness (QED) is 0.709. The summed E-state index contributed by atoms with van der Waals surface area (Å²) < 4.78 is 16.1. The van der Waals surface area contributed by atoms with Gasteiger partial charge >= 0.3 is 0 Å². The summed E-state index contributed by atoms with van der Waals surface area (Å²) in [5.41, 5.74) is 0.0302. The molecule has 0 bridgehead atoms. The summed E-state index contributed by atoms with van der Waals surface area (Å²) in [5, 5.41) is 8.69. The van der Waals surface area contributed by atoms with Crippen LogP contribution in [0.1, 0.15) is 5.69 Å². The molecule has 0 amide bonds. The van der Waals surface area contributed by atoms with Gasteiger partial charge in [0.05, 0.1) is 5.02 Å². The Morgan fingerprint density at radius 1 is 1.67 bits per heavy atom. The van der Waals surface area contributed by atoms with E-state index in [0.29, 0.717) is 0 Å². The molecule has 0 aliphatic carbocycles. The van der Waals surface area contributed by atoms with E-state index >= 15 is 0 Å². The van der Waals surface area contributed by atoms with Gasteiger partial charge in [0.25, 0.3) is 0 Å². The maximum Gasteiger partial charge on any atom is 0.230 e. The van der Waals surface area contributed by atoms with Crippen LogP contribution in [0, 0.1) is 11.3 Å². The molecule has 62 valence electrons. The molecule has 1 aromatic heterocycles. The van der Waals surface area contributed by atoms with E-state index in [1.54, 1.807) is 6.07 Å². The average Bonchev–Trinajstić information content (AvgIpc) is 2.09. The summed E-state index contributed by atoms with van der Waals surface area (Å²) in [6, 6.07) is 4.57. The minimum Gasteiger partial charge on any atom is -0.446 e. The molecule has 0 N–H and O–H groups in total. The molecule has 12 heavy (non-hydrogen) atoms. The SMILES string of the molecule is N#Cc1nc(OCF)ccc1Cl. The van der Waals surface area contributed by atoms with E-state index < -0.39 is 6.86 Å². The van der Waals surface area contributed by atoms with Crippen molar-refractivity contribution in [2.45, 2.75) is 0 Å². The number of hydrogen-bond donors (Lipinski definition) is 0. The van der Waals surface area contributed by atoms with Crippen molar-refractivity contribution in [1.29, 1.82) is 5.26 Å².